The SMILES string of the molecule is C=C/C=N\c1c(C(=O)NC(C)c2cc3cccc(C#CC(C)N)c3c(=O)n2-c2ccccc2)c(N)nn1C. The Morgan fingerprint density at radius 1 is 1.18 bits per heavy atom. The average molecular weight is 508 g/mol. The Kier molecular flexibility index (Phi) is 7.55. The molecule has 2 heterocycles. The number of aliphatic imine (C=N–C) groups is 1. The Hall–Kier alpha value is -4.94. The first kappa shape index (κ1) is 26.1. The van der Waals surface area contributed by atoms with E-state index in [-0.39, 0.29) is 23.0 Å². The second-order valence-electron chi connectivity index (χ2n) is 8.79. The van der Waals surface area contributed by atoms with E-state index in [4.69, 9.17) is 11.5 Å². The topological polar surface area (TPSA) is 133 Å². The highest BCUT2D eigenvalue weighted by Gasteiger charge is 2.24. The van der Waals surface area contributed by atoms with Gasteiger partial charge in [0, 0.05) is 30.2 Å². The predicted octanol–water partition coefficient (Wildman–Crippen LogP) is 3.38. The maximum atomic E-state index is 14.0. The van der Waals surface area contributed by atoms with Gasteiger partial charge in [-0.3, -0.25) is 14.2 Å². The molecule has 0 aliphatic carbocycles. The summed E-state index contributed by atoms with van der Waals surface area (Å²) in [7, 11) is 1.65. The molecule has 2 aromatic carbocycles. The van der Waals surface area contributed by atoms with Crippen LogP contribution in [0.4, 0.5) is 11.6 Å². The molecule has 0 bridgehead atoms. The molecule has 2 aromatic heterocycles. The summed E-state index contributed by atoms with van der Waals surface area (Å²) in [6.45, 7) is 7.20. The van der Waals surface area contributed by atoms with Crippen LogP contribution in [-0.4, -0.2) is 32.5 Å². The first-order valence-electron chi connectivity index (χ1n) is 12.0. The number of fused-ring (bicyclic) bond motifs is 1. The van der Waals surface area contributed by atoms with Gasteiger partial charge in [-0.1, -0.05) is 54.8 Å². The standard InChI is InChI=1S/C29H29N7O2/c1-5-16-32-27-25(26(31)34-35(27)4)28(37)33-19(3)23-17-21-11-9-10-20(15-14-18(2)30)24(21)29(38)36(23)22-12-7-6-8-13-22/h5-13,16-19H,1,30H2,2-4H3,(H2,31,34)(H,33,37)/b32-16-. The zero-order valence-electron chi connectivity index (χ0n) is 21.5. The maximum Gasteiger partial charge on any atom is 0.264 e. The molecule has 0 aliphatic rings. The van der Waals surface area contributed by atoms with Crippen molar-refractivity contribution in [3.8, 4) is 17.5 Å². The molecule has 0 saturated carbocycles. The number of carbonyl (C=O) groups is 1. The number of carbonyl (C=O) groups excluding carboxylic acids is 1. The van der Waals surface area contributed by atoms with Gasteiger partial charge in [-0.05, 0) is 43.5 Å². The van der Waals surface area contributed by atoms with Crippen molar-refractivity contribution in [2.45, 2.75) is 25.9 Å². The minimum atomic E-state index is -0.588. The number of hydrogen-bond donors (Lipinski definition) is 3. The Bertz CT molecular complexity index is 1670. The van der Waals surface area contributed by atoms with Crippen molar-refractivity contribution in [2.75, 3.05) is 5.73 Å². The average Bonchev–Trinajstić information content (AvgIpc) is 3.18. The van der Waals surface area contributed by atoms with E-state index in [2.05, 4.69) is 33.8 Å². The lowest BCUT2D eigenvalue weighted by molar-refractivity contribution is 0.0940. The minimum Gasteiger partial charge on any atom is -0.381 e. The van der Waals surface area contributed by atoms with Crippen molar-refractivity contribution < 1.29 is 4.79 Å². The third kappa shape index (κ3) is 5.12. The first-order chi connectivity index (χ1) is 18.2. The van der Waals surface area contributed by atoms with Gasteiger partial charge >= 0.3 is 0 Å². The van der Waals surface area contributed by atoms with Crippen LogP contribution in [0.3, 0.4) is 0 Å². The zero-order chi connectivity index (χ0) is 27.4. The lowest BCUT2D eigenvalue weighted by Crippen LogP contribution is -2.32. The number of hydrogen-bond acceptors (Lipinski definition) is 6. The minimum absolute atomic E-state index is 0.0460. The molecule has 9 heteroatoms. The van der Waals surface area contributed by atoms with Crippen LogP contribution >= 0.6 is 0 Å². The molecule has 0 saturated heterocycles. The molecule has 2 unspecified atom stereocenters. The molecule has 0 radical (unpaired) electrons. The van der Waals surface area contributed by atoms with Gasteiger partial charge in [0.15, 0.2) is 11.6 Å². The fourth-order valence-corrected chi connectivity index (χ4v) is 4.21. The van der Waals surface area contributed by atoms with Crippen LogP contribution in [-0.2, 0) is 7.05 Å². The molecule has 4 aromatic rings. The van der Waals surface area contributed by atoms with Gasteiger partial charge < -0.3 is 16.8 Å². The van der Waals surface area contributed by atoms with E-state index >= 15 is 0 Å². The van der Waals surface area contributed by atoms with Crippen molar-refractivity contribution in [3.05, 3.63) is 94.4 Å². The van der Waals surface area contributed by atoms with Gasteiger partial charge in [0.05, 0.1) is 17.5 Å². The van der Waals surface area contributed by atoms with E-state index in [0.717, 1.165) is 0 Å². The number of rotatable bonds is 6. The normalized spacial score (nSPS) is 12.6. The van der Waals surface area contributed by atoms with E-state index < -0.39 is 11.9 Å². The number of nitrogens with one attached hydrogen (secondary N) is 1. The monoisotopic (exact) mass is 507 g/mol. The van der Waals surface area contributed by atoms with Crippen LogP contribution in [0.2, 0.25) is 0 Å². The number of nitrogens with two attached hydrogens (primary N) is 2. The van der Waals surface area contributed by atoms with Crippen LogP contribution in [0.15, 0.2) is 77.0 Å². The molecule has 38 heavy (non-hydrogen) atoms. The van der Waals surface area contributed by atoms with Crippen molar-refractivity contribution in [1.82, 2.24) is 19.7 Å². The number of anilines is 1. The number of pyridine rings is 1. The first-order valence-corrected chi connectivity index (χ1v) is 12.0. The highest BCUT2D eigenvalue weighted by Crippen LogP contribution is 2.27. The number of nitrogen functional groups attached to an aromatic ring is 1. The number of aryl methyl sites for hydroxylation is 1. The van der Waals surface area contributed by atoms with E-state index in [0.29, 0.717) is 33.5 Å². The summed E-state index contributed by atoms with van der Waals surface area (Å²) in [6, 6.07) is 15.7. The fraction of sp³-hybridized carbons (Fsp3) is 0.172. The summed E-state index contributed by atoms with van der Waals surface area (Å²) < 4.78 is 3.02. The highest BCUT2D eigenvalue weighted by atomic mass is 16.2. The van der Waals surface area contributed by atoms with Gasteiger partial charge in [-0.25, -0.2) is 9.67 Å². The molecular formula is C29H29N7O2. The second kappa shape index (κ2) is 11.0. The summed E-state index contributed by atoms with van der Waals surface area (Å²) in [5.41, 5.74) is 13.6. The molecule has 4 rings (SSSR count). The number of benzene rings is 2. The largest absolute Gasteiger partial charge is 0.381 e. The van der Waals surface area contributed by atoms with Gasteiger partial charge in [0.2, 0.25) is 0 Å². The molecule has 9 nitrogen and oxygen atoms in total. The van der Waals surface area contributed by atoms with Crippen LogP contribution in [0, 0.1) is 11.8 Å². The lowest BCUT2D eigenvalue weighted by atomic mass is 10.0. The van der Waals surface area contributed by atoms with E-state index in [1.807, 2.05) is 48.5 Å². The van der Waals surface area contributed by atoms with Crippen molar-refractivity contribution in [2.24, 2.45) is 17.8 Å². The lowest BCUT2D eigenvalue weighted by Gasteiger charge is -2.21. The van der Waals surface area contributed by atoms with Crippen LogP contribution < -0.4 is 22.3 Å². The molecule has 0 fully saturated rings. The molecule has 192 valence electrons. The Labute approximate surface area is 220 Å². The number of allylic oxidation sites excluding steroid dienone is 1. The quantitative estimate of drug-likeness (QED) is 0.272. The van der Waals surface area contributed by atoms with Crippen LogP contribution in [0.25, 0.3) is 16.5 Å². The fourth-order valence-electron chi connectivity index (χ4n) is 4.21. The summed E-state index contributed by atoms with van der Waals surface area (Å²) in [5.74, 6) is 5.84. The molecule has 5 N–H and O–H groups in total. The molecule has 1 amide bonds. The molecule has 0 spiro atoms. The van der Waals surface area contributed by atoms with Crippen molar-refractivity contribution in [3.63, 3.8) is 0 Å². The smallest absolute Gasteiger partial charge is 0.264 e. The maximum absolute atomic E-state index is 14.0. The Balaban J connectivity index is 1.87. The van der Waals surface area contributed by atoms with E-state index in [1.54, 1.807) is 31.5 Å². The summed E-state index contributed by atoms with van der Waals surface area (Å²) in [6.07, 6.45) is 2.95. The third-order valence-corrected chi connectivity index (χ3v) is 5.89. The van der Waals surface area contributed by atoms with Gasteiger partial charge in [-0.2, -0.15) is 5.10 Å². The zero-order valence-corrected chi connectivity index (χ0v) is 21.5. The van der Waals surface area contributed by atoms with Crippen LogP contribution in [0.5, 0.6) is 0 Å². The predicted molar refractivity (Wildman–Crippen MR) is 152 cm³/mol. The van der Waals surface area contributed by atoms with Crippen molar-refractivity contribution in [1.29, 1.82) is 0 Å². The van der Waals surface area contributed by atoms with Gasteiger partial charge in [0.1, 0.15) is 5.56 Å². The number of para-hydroxylation sites is 1. The highest BCUT2D eigenvalue weighted by molar-refractivity contribution is 6.03. The van der Waals surface area contributed by atoms with E-state index in [1.165, 1.54) is 17.0 Å². The van der Waals surface area contributed by atoms with Gasteiger partial charge in [-0.15, -0.1) is 0 Å². The summed E-state index contributed by atoms with van der Waals surface area (Å²) in [5, 5.41) is 8.27. The molecule has 2 atom stereocenters. The number of nitrogens with zero attached hydrogens (tertiary/aromatic N) is 4. The van der Waals surface area contributed by atoms with E-state index in [9.17, 15) is 9.59 Å². The molecule has 0 aliphatic heterocycles. The Morgan fingerprint density at radius 3 is 2.61 bits per heavy atom. The van der Waals surface area contributed by atoms with Gasteiger partial charge in [0.25, 0.3) is 11.5 Å². The third-order valence-electron chi connectivity index (χ3n) is 5.89. The summed E-state index contributed by atoms with van der Waals surface area (Å²) >= 11 is 0. The van der Waals surface area contributed by atoms with Crippen LogP contribution in [0.1, 0.15) is 41.5 Å². The molecular weight excluding hydrogens is 478 g/mol. The van der Waals surface area contributed by atoms with Crippen molar-refractivity contribution >= 4 is 34.5 Å². The number of amides is 1. The summed E-state index contributed by atoms with van der Waals surface area (Å²) in [4.78, 5) is 31.6. The second-order valence-corrected chi connectivity index (χ2v) is 8.79. The Morgan fingerprint density at radius 2 is 1.92 bits per heavy atom. The number of aromatic nitrogens is 3.